The Morgan fingerprint density at radius 3 is 2.59 bits per heavy atom. The van der Waals surface area contributed by atoms with E-state index < -0.39 is 23.5 Å². The van der Waals surface area contributed by atoms with E-state index in [1.165, 1.54) is 42.5 Å². The Kier molecular flexibility index (Phi) is 5.52. The molecule has 27 heavy (non-hydrogen) atoms. The summed E-state index contributed by atoms with van der Waals surface area (Å²) in [5, 5.41) is 2.61. The minimum absolute atomic E-state index is 0.145. The van der Waals surface area contributed by atoms with Gasteiger partial charge >= 0.3 is 6.18 Å². The average Bonchev–Trinajstić information content (AvgIpc) is 2.86. The molecule has 1 saturated heterocycles. The van der Waals surface area contributed by atoms with E-state index in [9.17, 15) is 22.4 Å². The molecule has 3 rings (SSSR count). The molecule has 9 heteroatoms. The van der Waals surface area contributed by atoms with Crippen LogP contribution >= 0.6 is 24.0 Å². The van der Waals surface area contributed by atoms with Crippen molar-refractivity contribution >= 4 is 46.0 Å². The summed E-state index contributed by atoms with van der Waals surface area (Å²) < 4.78 is 52.6. The molecular formula is C18H12F4N2OS2. The molecule has 2 aromatic carbocycles. The quantitative estimate of drug-likeness (QED) is 0.430. The highest BCUT2D eigenvalue weighted by Crippen LogP contribution is 2.36. The minimum Gasteiger partial charge on any atom is -0.367 e. The van der Waals surface area contributed by atoms with E-state index in [2.05, 4.69) is 5.32 Å². The standard InChI is InChI=1S/C18H12F4N2OS2/c19-12-5-3-4-11(8-12)9-15-16(25)24(17(26)27-15)10-23-14-7-2-1-6-13(14)18(20,21)22/h1-9,23H,10H2/b15-9+. The lowest BCUT2D eigenvalue weighted by molar-refractivity contribution is -0.137. The fraction of sp³-hybridized carbons (Fsp3) is 0.111. The minimum atomic E-state index is -4.52. The Balaban J connectivity index is 1.76. The second-order valence-corrected chi connectivity index (χ2v) is 7.22. The Bertz CT molecular complexity index is 928. The number of amides is 1. The summed E-state index contributed by atoms with van der Waals surface area (Å²) in [6.07, 6.45) is -3.03. The Morgan fingerprint density at radius 2 is 1.89 bits per heavy atom. The summed E-state index contributed by atoms with van der Waals surface area (Å²) in [5.74, 6) is -0.893. The van der Waals surface area contributed by atoms with Gasteiger partial charge in [0.1, 0.15) is 10.1 Å². The van der Waals surface area contributed by atoms with Gasteiger partial charge in [0.05, 0.1) is 17.1 Å². The van der Waals surface area contributed by atoms with E-state index in [0.29, 0.717) is 5.56 Å². The van der Waals surface area contributed by atoms with E-state index in [-0.39, 0.29) is 21.6 Å². The van der Waals surface area contributed by atoms with Gasteiger partial charge in [-0.05, 0) is 35.9 Å². The number of nitrogens with zero attached hydrogens (tertiary/aromatic N) is 1. The monoisotopic (exact) mass is 412 g/mol. The van der Waals surface area contributed by atoms with Crippen molar-refractivity contribution in [2.24, 2.45) is 0 Å². The average molecular weight is 412 g/mol. The largest absolute Gasteiger partial charge is 0.418 e. The first-order valence-electron chi connectivity index (χ1n) is 7.67. The maximum absolute atomic E-state index is 13.3. The van der Waals surface area contributed by atoms with Crippen molar-refractivity contribution in [2.45, 2.75) is 6.18 Å². The maximum atomic E-state index is 13.3. The third kappa shape index (κ3) is 4.48. The molecule has 140 valence electrons. The highest BCUT2D eigenvalue weighted by atomic mass is 32.2. The number of hydrogen-bond acceptors (Lipinski definition) is 4. The molecule has 0 saturated carbocycles. The number of thiocarbonyl (C=S) groups is 1. The van der Waals surface area contributed by atoms with Crippen LogP contribution in [0.5, 0.6) is 0 Å². The number of carbonyl (C=O) groups is 1. The predicted molar refractivity (Wildman–Crippen MR) is 101 cm³/mol. The molecule has 2 aromatic rings. The van der Waals surface area contributed by atoms with E-state index in [1.807, 2.05) is 0 Å². The van der Waals surface area contributed by atoms with Crippen LogP contribution in [0.2, 0.25) is 0 Å². The number of nitrogens with one attached hydrogen (secondary N) is 1. The molecule has 1 heterocycles. The van der Waals surface area contributed by atoms with E-state index >= 15 is 0 Å². The molecule has 0 bridgehead atoms. The fourth-order valence-electron chi connectivity index (χ4n) is 2.43. The highest BCUT2D eigenvalue weighted by molar-refractivity contribution is 8.26. The second-order valence-electron chi connectivity index (χ2n) is 5.54. The van der Waals surface area contributed by atoms with Gasteiger partial charge in [-0.15, -0.1) is 0 Å². The fourth-order valence-corrected chi connectivity index (χ4v) is 3.69. The van der Waals surface area contributed by atoms with E-state index in [1.54, 1.807) is 6.07 Å². The van der Waals surface area contributed by atoms with Crippen LogP contribution in [0.25, 0.3) is 6.08 Å². The van der Waals surface area contributed by atoms with Gasteiger partial charge in [-0.25, -0.2) is 4.39 Å². The van der Waals surface area contributed by atoms with E-state index in [4.69, 9.17) is 12.2 Å². The van der Waals surface area contributed by atoms with Crippen molar-refractivity contribution in [1.29, 1.82) is 0 Å². The van der Waals surface area contributed by atoms with Crippen LogP contribution in [-0.2, 0) is 11.0 Å². The number of carbonyl (C=O) groups excluding carboxylic acids is 1. The zero-order chi connectivity index (χ0) is 19.6. The smallest absolute Gasteiger partial charge is 0.367 e. The molecule has 1 N–H and O–H groups in total. The molecule has 0 aliphatic carbocycles. The zero-order valence-corrected chi connectivity index (χ0v) is 15.2. The van der Waals surface area contributed by atoms with Crippen LogP contribution in [-0.4, -0.2) is 21.8 Å². The van der Waals surface area contributed by atoms with Crippen molar-refractivity contribution in [1.82, 2.24) is 4.90 Å². The van der Waals surface area contributed by atoms with Crippen LogP contribution in [0.1, 0.15) is 11.1 Å². The van der Waals surface area contributed by atoms with Gasteiger partial charge in [-0.2, -0.15) is 13.2 Å². The summed E-state index contributed by atoms with van der Waals surface area (Å²) in [7, 11) is 0. The van der Waals surface area contributed by atoms with Crippen molar-refractivity contribution in [2.75, 3.05) is 12.0 Å². The summed E-state index contributed by atoms with van der Waals surface area (Å²) in [6, 6.07) is 10.7. The van der Waals surface area contributed by atoms with Crippen LogP contribution in [0.3, 0.4) is 0 Å². The van der Waals surface area contributed by atoms with Crippen molar-refractivity contribution in [3.63, 3.8) is 0 Å². The lowest BCUT2D eigenvalue weighted by Gasteiger charge is -2.19. The third-order valence-electron chi connectivity index (χ3n) is 3.68. The zero-order valence-electron chi connectivity index (χ0n) is 13.6. The van der Waals surface area contributed by atoms with Gasteiger partial charge in [0.15, 0.2) is 0 Å². The van der Waals surface area contributed by atoms with Gasteiger partial charge in [0.25, 0.3) is 5.91 Å². The number of hydrogen-bond donors (Lipinski definition) is 1. The third-order valence-corrected chi connectivity index (χ3v) is 5.06. The molecule has 0 spiro atoms. The van der Waals surface area contributed by atoms with Crippen molar-refractivity contribution in [3.05, 3.63) is 70.4 Å². The molecule has 0 radical (unpaired) electrons. The summed E-state index contributed by atoms with van der Waals surface area (Å²) in [6.45, 7) is -0.210. The Hall–Kier alpha value is -2.39. The van der Waals surface area contributed by atoms with Gasteiger partial charge in [0.2, 0.25) is 0 Å². The molecule has 0 unspecified atom stereocenters. The first-order chi connectivity index (χ1) is 12.8. The lowest BCUT2D eigenvalue weighted by atomic mass is 10.1. The number of alkyl halides is 3. The Morgan fingerprint density at radius 1 is 1.15 bits per heavy atom. The normalized spacial score (nSPS) is 16.3. The molecule has 1 aliphatic heterocycles. The first-order valence-corrected chi connectivity index (χ1v) is 8.89. The van der Waals surface area contributed by atoms with Gasteiger partial charge in [0, 0.05) is 5.69 Å². The van der Waals surface area contributed by atoms with Crippen LogP contribution in [0, 0.1) is 5.82 Å². The van der Waals surface area contributed by atoms with Crippen molar-refractivity contribution < 1.29 is 22.4 Å². The molecule has 1 aliphatic rings. The number of thioether (sulfide) groups is 1. The van der Waals surface area contributed by atoms with Crippen LogP contribution < -0.4 is 5.32 Å². The molecule has 3 nitrogen and oxygen atoms in total. The first kappa shape index (κ1) is 19.4. The predicted octanol–water partition coefficient (Wildman–Crippen LogP) is 5.12. The van der Waals surface area contributed by atoms with Gasteiger partial charge in [-0.1, -0.05) is 48.2 Å². The summed E-state index contributed by atoms with van der Waals surface area (Å²) >= 11 is 6.16. The molecular weight excluding hydrogens is 400 g/mol. The number of anilines is 1. The molecule has 0 atom stereocenters. The molecule has 1 fully saturated rings. The second kappa shape index (κ2) is 7.69. The van der Waals surface area contributed by atoms with Crippen LogP contribution in [0.15, 0.2) is 53.4 Å². The Labute approximate surface area is 162 Å². The lowest BCUT2D eigenvalue weighted by Crippen LogP contribution is -2.33. The number of para-hydroxylation sites is 1. The number of halogens is 4. The summed E-state index contributed by atoms with van der Waals surface area (Å²) in [4.78, 5) is 13.9. The van der Waals surface area contributed by atoms with Crippen LogP contribution in [0.4, 0.5) is 23.2 Å². The number of benzene rings is 2. The highest BCUT2D eigenvalue weighted by Gasteiger charge is 2.35. The molecule has 0 aromatic heterocycles. The molecule has 1 amide bonds. The van der Waals surface area contributed by atoms with E-state index in [0.717, 1.165) is 22.7 Å². The number of rotatable bonds is 4. The summed E-state index contributed by atoms with van der Waals surface area (Å²) in [5.41, 5.74) is -0.482. The van der Waals surface area contributed by atoms with Gasteiger partial charge < -0.3 is 5.32 Å². The van der Waals surface area contributed by atoms with Crippen molar-refractivity contribution in [3.8, 4) is 0 Å². The SMILES string of the molecule is O=C1/C(=C\c2cccc(F)c2)SC(=S)N1CNc1ccccc1C(F)(F)F. The topological polar surface area (TPSA) is 32.3 Å². The maximum Gasteiger partial charge on any atom is 0.418 e. The van der Waals surface area contributed by atoms with Gasteiger partial charge in [-0.3, -0.25) is 9.69 Å².